The first-order valence-electron chi connectivity index (χ1n) is 14.0. The van der Waals surface area contributed by atoms with E-state index in [4.69, 9.17) is 0 Å². The zero-order valence-electron chi connectivity index (χ0n) is 22.8. The lowest BCUT2D eigenvalue weighted by Crippen LogP contribution is -2.49. The number of anilines is 1. The fourth-order valence-corrected chi connectivity index (χ4v) is 8.60. The summed E-state index contributed by atoms with van der Waals surface area (Å²) in [5.41, 5.74) is 0.960. The number of carbonyl (C=O) groups is 1. The van der Waals surface area contributed by atoms with Gasteiger partial charge in [0, 0.05) is 65.4 Å². The molecule has 0 aromatic heterocycles. The lowest BCUT2D eigenvalue weighted by molar-refractivity contribution is -0.716. The average Bonchev–Trinajstić information content (AvgIpc) is 3.51. The molecule has 5 rings (SSSR count). The molecule has 0 saturated carbocycles. The number of aliphatic hydroxyl groups is 1. The van der Waals surface area contributed by atoms with E-state index in [1.54, 1.807) is 16.4 Å². The number of hydrogen-bond acceptors (Lipinski definition) is 6. The highest BCUT2D eigenvalue weighted by molar-refractivity contribution is 7.89. The first-order valence-corrected chi connectivity index (χ1v) is 15.5. The molecule has 4 fully saturated rings. The summed E-state index contributed by atoms with van der Waals surface area (Å²) in [5, 5.41) is 11.4. The Hall–Kier alpha value is -2.24. The summed E-state index contributed by atoms with van der Waals surface area (Å²) in [4.78, 5) is 31.6. The average molecular weight is 549 g/mol. The van der Waals surface area contributed by atoms with Crippen LogP contribution in [0.4, 0.5) is 5.69 Å². The van der Waals surface area contributed by atoms with Gasteiger partial charge in [-0.25, -0.2) is 8.42 Å². The van der Waals surface area contributed by atoms with Crippen LogP contribution in [0, 0.1) is 28.6 Å². The first kappa shape index (κ1) is 27.3. The number of benzene rings is 1. The van der Waals surface area contributed by atoms with E-state index in [-0.39, 0.29) is 30.4 Å². The van der Waals surface area contributed by atoms with E-state index in [9.17, 15) is 23.2 Å². The number of fused-ring (bicyclic) bond motifs is 1. The molecule has 1 N–H and O–H groups in total. The summed E-state index contributed by atoms with van der Waals surface area (Å²) in [6.07, 6.45) is 4.09. The van der Waals surface area contributed by atoms with Gasteiger partial charge in [0.1, 0.15) is 16.8 Å². The van der Waals surface area contributed by atoms with Crippen molar-refractivity contribution >= 4 is 21.6 Å². The van der Waals surface area contributed by atoms with Gasteiger partial charge >= 0.3 is 0 Å². The van der Waals surface area contributed by atoms with E-state index in [1.807, 2.05) is 48.0 Å². The number of piperidine rings is 2. The summed E-state index contributed by atoms with van der Waals surface area (Å²) in [7, 11) is 0.321. The second-order valence-electron chi connectivity index (χ2n) is 11.8. The van der Waals surface area contributed by atoms with E-state index >= 15 is 0 Å². The normalized spacial score (nSPS) is 31.1. The smallest absolute Gasteiger partial charge is 0.245 e. The lowest BCUT2D eigenvalue weighted by Gasteiger charge is -2.40. The molecule has 0 radical (unpaired) electrons. The van der Waals surface area contributed by atoms with E-state index in [0.717, 1.165) is 42.7 Å². The van der Waals surface area contributed by atoms with Crippen LogP contribution in [0.15, 0.2) is 29.2 Å². The van der Waals surface area contributed by atoms with E-state index in [2.05, 4.69) is 0 Å². The molecule has 0 aliphatic carbocycles. The zero-order valence-corrected chi connectivity index (χ0v) is 23.6. The summed E-state index contributed by atoms with van der Waals surface area (Å²) >= 11 is 0. The van der Waals surface area contributed by atoms with Crippen molar-refractivity contribution in [2.45, 2.75) is 56.0 Å². The second kappa shape index (κ2) is 10.7. The van der Waals surface area contributed by atoms with Crippen LogP contribution in [0.5, 0.6) is 0 Å². The van der Waals surface area contributed by atoms with Gasteiger partial charge in [-0.3, -0.25) is 4.79 Å². The minimum Gasteiger partial charge on any atom is -0.396 e. The highest BCUT2D eigenvalue weighted by Gasteiger charge is 2.59. The van der Waals surface area contributed by atoms with E-state index < -0.39 is 16.1 Å². The van der Waals surface area contributed by atoms with Gasteiger partial charge in [0.05, 0.1) is 16.3 Å². The number of hydrazine groups is 1. The number of likely N-dealkylation sites (tertiary alicyclic amines) is 1. The summed E-state index contributed by atoms with van der Waals surface area (Å²) in [6, 6.07) is 6.52. The van der Waals surface area contributed by atoms with Crippen molar-refractivity contribution in [3.05, 3.63) is 29.2 Å². The third-order valence-corrected chi connectivity index (χ3v) is 11.4. The third kappa shape index (κ3) is 4.93. The van der Waals surface area contributed by atoms with Gasteiger partial charge in [-0.15, -0.1) is 5.01 Å². The van der Waals surface area contributed by atoms with Crippen LogP contribution in [0.2, 0.25) is 0 Å². The Bertz CT molecular complexity index is 1140. The van der Waals surface area contributed by atoms with Gasteiger partial charge in [-0.1, -0.05) is 0 Å². The third-order valence-electron chi connectivity index (χ3n) is 9.49. The SMILES string of the molecule is CC1C(C(=O)N2CCC(CO)C2)C2CC(C3CCN(S(=O)(=O)c4ccc(N(C)C)cc4)CC3)CCN2[N+]1=O. The van der Waals surface area contributed by atoms with Crippen molar-refractivity contribution in [2.24, 2.45) is 23.7 Å². The molecule has 4 aliphatic heterocycles. The van der Waals surface area contributed by atoms with Gasteiger partial charge in [-0.2, -0.15) is 4.31 Å². The molecule has 38 heavy (non-hydrogen) atoms. The minimum atomic E-state index is -3.53. The number of amides is 1. The number of nitroso groups, excluding NO2 is 1. The summed E-state index contributed by atoms with van der Waals surface area (Å²) < 4.78 is 28.1. The second-order valence-corrected chi connectivity index (χ2v) is 13.8. The largest absolute Gasteiger partial charge is 0.396 e. The van der Waals surface area contributed by atoms with Crippen LogP contribution < -0.4 is 4.90 Å². The van der Waals surface area contributed by atoms with Gasteiger partial charge in [0.25, 0.3) is 0 Å². The van der Waals surface area contributed by atoms with Crippen LogP contribution in [0.25, 0.3) is 0 Å². The molecule has 5 unspecified atom stereocenters. The van der Waals surface area contributed by atoms with Gasteiger partial charge in [0.15, 0.2) is 0 Å². The number of rotatable bonds is 6. The Morgan fingerprint density at radius 2 is 1.68 bits per heavy atom. The number of aliphatic hydroxyl groups excluding tert-OH is 1. The molecular weight excluding hydrogens is 506 g/mol. The van der Waals surface area contributed by atoms with Crippen LogP contribution in [-0.4, -0.2) is 104 Å². The van der Waals surface area contributed by atoms with Gasteiger partial charge in [0.2, 0.25) is 22.0 Å². The predicted octanol–water partition coefficient (Wildman–Crippen LogP) is 1.79. The monoisotopic (exact) mass is 548 g/mol. The molecular formula is C27H42N5O5S+. The summed E-state index contributed by atoms with van der Waals surface area (Å²) in [6.45, 7) is 4.79. The fourth-order valence-electron chi connectivity index (χ4n) is 7.13. The number of carbonyl (C=O) groups excluding carboxylic acids is 1. The maximum Gasteiger partial charge on any atom is 0.245 e. The van der Waals surface area contributed by atoms with Crippen LogP contribution in [-0.2, 0) is 14.8 Å². The molecule has 10 nitrogen and oxygen atoms in total. The Balaban J connectivity index is 1.22. The van der Waals surface area contributed by atoms with Crippen LogP contribution >= 0.6 is 0 Å². The van der Waals surface area contributed by atoms with Gasteiger partial charge in [-0.05, 0) is 68.2 Å². The first-order chi connectivity index (χ1) is 18.1. The maximum absolute atomic E-state index is 13.5. The number of hydrogen-bond donors (Lipinski definition) is 1. The van der Waals surface area contributed by atoms with Crippen molar-refractivity contribution < 1.29 is 23.2 Å². The fraction of sp³-hybridized carbons (Fsp3) is 0.741. The predicted molar refractivity (Wildman–Crippen MR) is 144 cm³/mol. The highest BCUT2D eigenvalue weighted by atomic mass is 32.2. The molecule has 210 valence electrons. The van der Waals surface area contributed by atoms with Crippen molar-refractivity contribution in [1.82, 2.24) is 14.2 Å². The van der Waals surface area contributed by atoms with Crippen molar-refractivity contribution in [3.63, 3.8) is 0 Å². The molecule has 5 atom stereocenters. The molecule has 1 aromatic rings. The van der Waals surface area contributed by atoms with Crippen molar-refractivity contribution in [1.29, 1.82) is 0 Å². The Kier molecular flexibility index (Phi) is 7.72. The highest BCUT2D eigenvalue weighted by Crippen LogP contribution is 2.42. The molecule has 11 heteroatoms. The topological polar surface area (TPSA) is 104 Å². The molecule has 4 aliphatic rings. The number of sulfonamides is 1. The quantitative estimate of drug-likeness (QED) is 0.541. The van der Waals surface area contributed by atoms with Crippen molar-refractivity contribution in [3.8, 4) is 0 Å². The zero-order chi connectivity index (χ0) is 27.2. The van der Waals surface area contributed by atoms with Gasteiger partial charge < -0.3 is 14.9 Å². The standard InChI is InChI=1S/C27H42N5O5S/c1-19-26(27(34)29-12-8-20(17-29)18-33)25-16-22(11-15-31(25)32(19)35)21-9-13-30(14-10-21)38(36,37)24-6-4-23(5-7-24)28(2)3/h4-7,19-22,25-26,33H,8-18H2,1-3H3/q+1. The molecule has 1 amide bonds. The van der Waals surface area contributed by atoms with Crippen LogP contribution in [0.1, 0.15) is 39.0 Å². The molecule has 0 bridgehead atoms. The molecule has 0 spiro atoms. The van der Waals surface area contributed by atoms with E-state index in [1.165, 1.54) is 0 Å². The minimum absolute atomic E-state index is 0.0450. The molecule has 4 saturated heterocycles. The molecule has 1 aromatic carbocycles. The Morgan fingerprint density at radius 3 is 2.29 bits per heavy atom. The van der Waals surface area contributed by atoms with Crippen molar-refractivity contribution in [2.75, 3.05) is 58.3 Å². The number of nitrogens with zero attached hydrogens (tertiary/aromatic N) is 5. The van der Waals surface area contributed by atoms with Crippen LogP contribution in [0.3, 0.4) is 0 Å². The maximum atomic E-state index is 13.5. The lowest BCUT2D eigenvalue weighted by atomic mass is 9.74. The molecule has 4 heterocycles. The Labute approximate surface area is 226 Å². The summed E-state index contributed by atoms with van der Waals surface area (Å²) in [5.74, 6) is 0.568. The Morgan fingerprint density at radius 1 is 1.03 bits per heavy atom. The van der Waals surface area contributed by atoms with E-state index in [0.29, 0.717) is 49.5 Å².